The fourth-order valence-electron chi connectivity index (χ4n) is 1.24. The number of benzene rings is 1. The van der Waals surface area contributed by atoms with Gasteiger partial charge in [0.25, 0.3) is 0 Å². The molecule has 0 amide bonds. The van der Waals surface area contributed by atoms with E-state index in [9.17, 15) is 4.79 Å². The first-order valence-electron chi connectivity index (χ1n) is 4.55. The average Bonchev–Trinajstić information content (AvgIpc) is 2.26. The van der Waals surface area contributed by atoms with Gasteiger partial charge in [0.05, 0.1) is 5.56 Å². The minimum Gasteiger partial charge on any atom is -0.478 e. The number of carboxylic acid groups (broad SMARTS) is 1. The second-order valence-corrected chi connectivity index (χ2v) is 3.11. The lowest BCUT2D eigenvalue weighted by Gasteiger charge is -2.12. The highest BCUT2D eigenvalue weighted by atomic mass is 16.7. The monoisotopic (exact) mass is 210 g/mol. The molecule has 0 spiro atoms. The Morgan fingerprint density at radius 1 is 1.27 bits per heavy atom. The molecule has 0 aliphatic heterocycles. The van der Waals surface area contributed by atoms with Crippen molar-refractivity contribution in [3.63, 3.8) is 0 Å². The van der Waals surface area contributed by atoms with Crippen LogP contribution in [0.4, 0.5) is 0 Å². The summed E-state index contributed by atoms with van der Waals surface area (Å²) in [6.07, 6.45) is 0.313. The van der Waals surface area contributed by atoms with Gasteiger partial charge in [0.1, 0.15) is 0 Å². The van der Waals surface area contributed by atoms with Crippen LogP contribution in [0.5, 0.6) is 0 Å². The van der Waals surface area contributed by atoms with E-state index in [4.69, 9.17) is 14.6 Å². The normalized spacial score (nSPS) is 10.6. The van der Waals surface area contributed by atoms with Crippen LogP contribution in [0.2, 0.25) is 0 Å². The molecular formula is C11H14O4. The molecule has 0 unspecified atom stereocenters. The molecule has 0 fully saturated rings. The van der Waals surface area contributed by atoms with Gasteiger partial charge in [0.2, 0.25) is 0 Å². The molecule has 1 N–H and O–H groups in total. The van der Waals surface area contributed by atoms with E-state index >= 15 is 0 Å². The van der Waals surface area contributed by atoms with Crippen molar-refractivity contribution < 1.29 is 19.4 Å². The summed E-state index contributed by atoms with van der Waals surface area (Å²) in [6.45, 7) is 0. The molecule has 0 radical (unpaired) electrons. The minimum absolute atomic E-state index is 0.283. The van der Waals surface area contributed by atoms with Crippen LogP contribution in [0.15, 0.2) is 24.3 Å². The van der Waals surface area contributed by atoms with E-state index in [2.05, 4.69) is 0 Å². The second kappa shape index (κ2) is 5.48. The van der Waals surface area contributed by atoms with Crippen molar-refractivity contribution in [3.8, 4) is 0 Å². The van der Waals surface area contributed by atoms with Gasteiger partial charge in [-0.05, 0) is 17.7 Å². The third-order valence-corrected chi connectivity index (χ3v) is 2.13. The number of hydrogen-bond acceptors (Lipinski definition) is 3. The lowest BCUT2D eigenvalue weighted by molar-refractivity contribution is -0.100. The molecule has 1 aromatic rings. The smallest absolute Gasteiger partial charge is 0.335 e. The van der Waals surface area contributed by atoms with E-state index in [1.54, 1.807) is 38.5 Å². The lowest BCUT2D eigenvalue weighted by Crippen LogP contribution is -2.16. The Morgan fingerprint density at radius 3 is 2.20 bits per heavy atom. The summed E-state index contributed by atoms with van der Waals surface area (Å²) in [6, 6.07) is 6.66. The fraction of sp³-hybridized carbons (Fsp3) is 0.364. The predicted molar refractivity (Wildman–Crippen MR) is 54.9 cm³/mol. The highest BCUT2D eigenvalue weighted by molar-refractivity contribution is 5.87. The maximum Gasteiger partial charge on any atom is 0.335 e. The van der Waals surface area contributed by atoms with Gasteiger partial charge in [-0.3, -0.25) is 0 Å². The Bertz CT molecular complexity index is 314. The molecule has 4 heteroatoms. The molecule has 0 saturated heterocycles. The molecule has 1 aromatic carbocycles. The van der Waals surface area contributed by atoms with Crippen molar-refractivity contribution in [2.75, 3.05) is 14.2 Å². The zero-order valence-corrected chi connectivity index (χ0v) is 8.77. The summed E-state index contributed by atoms with van der Waals surface area (Å²) in [5, 5.41) is 8.70. The van der Waals surface area contributed by atoms with Gasteiger partial charge in [-0.1, -0.05) is 12.1 Å². The summed E-state index contributed by atoms with van der Waals surface area (Å²) in [5.41, 5.74) is 1.26. The van der Waals surface area contributed by atoms with Crippen LogP contribution in [-0.2, 0) is 15.9 Å². The molecule has 0 aliphatic carbocycles. The molecule has 0 bridgehead atoms. The Hall–Kier alpha value is -1.39. The van der Waals surface area contributed by atoms with Crippen LogP contribution >= 0.6 is 0 Å². The van der Waals surface area contributed by atoms with E-state index in [-0.39, 0.29) is 11.9 Å². The quantitative estimate of drug-likeness (QED) is 0.749. The van der Waals surface area contributed by atoms with Gasteiger partial charge >= 0.3 is 5.97 Å². The van der Waals surface area contributed by atoms with Crippen molar-refractivity contribution in [2.45, 2.75) is 12.7 Å². The number of aromatic carboxylic acids is 1. The predicted octanol–water partition coefficient (Wildman–Crippen LogP) is 1.55. The van der Waals surface area contributed by atoms with E-state index in [0.29, 0.717) is 6.42 Å². The maximum absolute atomic E-state index is 10.6. The standard InChI is InChI=1S/C11H14O4/c1-14-10(15-2)7-8-3-5-9(6-4-8)11(12)13/h3-6,10H,7H2,1-2H3,(H,12,13). The van der Waals surface area contributed by atoms with E-state index < -0.39 is 5.97 Å². The van der Waals surface area contributed by atoms with Crippen molar-refractivity contribution in [1.29, 1.82) is 0 Å². The third-order valence-electron chi connectivity index (χ3n) is 2.13. The van der Waals surface area contributed by atoms with Crippen molar-refractivity contribution >= 4 is 5.97 Å². The van der Waals surface area contributed by atoms with Crippen LogP contribution in [0.1, 0.15) is 15.9 Å². The first kappa shape index (κ1) is 11.7. The summed E-state index contributed by atoms with van der Waals surface area (Å²) < 4.78 is 10.1. The molecule has 0 saturated carbocycles. The Balaban J connectivity index is 2.67. The van der Waals surface area contributed by atoms with Crippen molar-refractivity contribution in [3.05, 3.63) is 35.4 Å². The number of carboxylic acids is 1. The molecule has 0 atom stereocenters. The van der Waals surface area contributed by atoms with Crippen LogP contribution in [0.25, 0.3) is 0 Å². The molecule has 4 nitrogen and oxygen atoms in total. The topological polar surface area (TPSA) is 55.8 Å². The molecular weight excluding hydrogens is 196 g/mol. The lowest BCUT2D eigenvalue weighted by atomic mass is 10.1. The van der Waals surface area contributed by atoms with Crippen LogP contribution < -0.4 is 0 Å². The van der Waals surface area contributed by atoms with Crippen LogP contribution in [0.3, 0.4) is 0 Å². The number of ether oxygens (including phenoxy) is 2. The second-order valence-electron chi connectivity index (χ2n) is 3.11. The highest BCUT2D eigenvalue weighted by Gasteiger charge is 2.07. The summed E-state index contributed by atoms with van der Waals surface area (Å²) >= 11 is 0. The van der Waals surface area contributed by atoms with Crippen LogP contribution in [-0.4, -0.2) is 31.6 Å². The third kappa shape index (κ3) is 3.34. The summed E-state index contributed by atoms with van der Waals surface area (Å²) in [7, 11) is 3.14. The SMILES string of the molecule is COC(Cc1ccc(C(=O)O)cc1)OC. The van der Waals surface area contributed by atoms with Gasteiger partial charge in [0.15, 0.2) is 6.29 Å². The Kier molecular flexibility index (Phi) is 4.27. The molecule has 0 aromatic heterocycles. The summed E-state index contributed by atoms with van der Waals surface area (Å²) in [5.74, 6) is -0.920. The number of rotatable bonds is 5. The van der Waals surface area contributed by atoms with Gasteiger partial charge in [-0.15, -0.1) is 0 Å². The van der Waals surface area contributed by atoms with E-state index in [1.165, 1.54) is 0 Å². The van der Waals surface area contributed by atoms with Gasteiger partial charge in [0, 0.05) is 20.6 Å². The highest BCUT2D eigenvalue weighted by Crippen LogP contribution is 2.08. The number of carbonyl (C=O) groups is 1. The molecule has 15 heavy (non-hydrogen) atoms. The van der Waals surface area contributed by atoms with Crippen LogP contribution in [0, 0.1) is 0 Å². The number of methoxy groups -OCH3 is 2. The largest absolute Gasteiger partial charge is 0.478 e. The van der Waals surface area contributed by atoms with Gasteiger partial charge < -0.3 is 14.6 Å². The molecule has 0 heterocycles. The Labute approximate surface area is 88.4 Å². The zero-order valence-electron chi connectivity index (χ0n) is 8.77. The molecule has 0 aliphatic rings. The van der Waals surface area contributed by atoms with Gasteiger partial charge in [-0.25, -0.2) is 4.79 Å². The fourth-order valence-corrected chi connectivity index (χ4v) is 1.24. The van der Waals surface area contributed by atoms with E-state index in [1.807, 2.05) is 0 Å². The minimum atomic E-state index is -0.920. The zero-order chi connectivity index (χ0) is 11.3. The van der Waals surface area contributed by atoms with E-state index in [0.717, 1.165) is 5.56 Å². The Morgan fingerprint density at radius 2 is 1.80 bits per heavy atom. The summed E-state index contributed by atoms with van der Waals surface area (Å²) in [4.78, 5) is 10.6. The number of hydrogen-bond donors (Lipinski definition) is 1. The first-order valence-corrected chi connectivity index (χ1v) is 4.55. The first-order chi connectivity index (χ1) is 7.17. The maximum atomic E-state index is 10.6. The van der Waals surface area contributed by atoms with Crippen molar-refractivity contribution in [2.24, 2.45) is 0 Å². The molecule has 1 rings (SSSR count). The van der Waals surface area contributed by atoms with Crippen molar-refractivity contribution in [1.82, 2.24) is 0 Å². The molecule has 82 valence electrons. The van der Waals surface area contributed by atoms with Gasteiger partial charge in [-0.2, -0.15) is 0 Å². The average molecular weight is 210 g/mol.